The number of anilines is 1. The summed E-state index contributed by atoms with van der Waals surface area (Å²) in [5.41, 5.74) is 8.40. The third kappa shape index (κ3) is 3.54. The molecule has 2 amide bonds. The summed E-state index contributed by atoms with van der Waals surface area (Å²) in [6, 6.07) is 6.13. The van der Waals surface area contributed by atoms with Crippen LogP contribution in [0.5, 0.6) is 0 Å². The Morgan fingerprint density at radius 1 is 1.14 bits per heavy atom. The number of benzene rings is 1. The zero-order chi connectivity index (χ0) is 19.9. The number of aromatic nitrogens is 2. The molecule has 1 aromatic heterocycles. The number of hydrogen-bond donors (Lipinski definition) is 2. The fourth-order valence-electron chi connectivity index (χ4n) is 3.99. The molecular formula is C19H22N4O4S. The molecule has 1 atom stereocenters. The van der Waals surface area contributed by atoms with Crippen molar-refractivity contribution in [3.63, 3.8) is 0 Å². The molecule has 4 rings (SSSR count). The Morgan fingerprint density at radius 2 is 1.86 bits per heavy atom. The molecule has 9 heteroatoms. The Labute approximate surface area is 163 Å². The van der Waals surface area contributed by atoms with Crippen LogP contribution in [0.15, 0.2) is 24.3 Å². The predicted octanol–water partition coefficient (Wildman–Crippen LogP) is 1.47. The number of hydrogen-bond acceptors (Lipinski definition) is 5. The van der Waals surface area contributed by atoms with Crippen LogP contribution in [0.3, 0.4) is 0 Å². The molecule has 3 N–H and O–H groups in total. The van der Waals surface area contributed by atoms with E-state index < -0.39 is 15.7 Å². The number of primary amides is 1. The van der Waals surface area contributed by atoms with Crippen molar-refractivity contribution in [1.82, 2.24) is 9.78 Å². The van der Waals surface area contributed by atoms with Gasteiger partial charge in [-0.3, -0.25) is 14.3 Å². The molecule has 1 fully saturated rings. The lowest BCUT2D eigenvalue weighted by molar-refractivity contribution is 0.0997. The van der Waals surface area contributed by atoms with E-state index in [-0.39, 0.29) is 23.5 Å². The molecule has 1 aliphatic heterocycles. The molecule has 1 aromatic carbocycles. The molecule has 2 aromatic rings. The van der Waals surface area contributed by atoms with E-state index in [1.165, 1.54) is 0 Å². The minimum absolute atomic E-state index is 0.0801. The van der Waals surface area contributed by atoms with Crippen molar-refractivity contribution < 1.29 is 18.0 Å². The fraction of sp³-hybridized carbons (Fsp3) is 0.421. The van der Waals surface area contributed by atoms with Crippen LogP contribution in [0.4, 0.5) is 5.69 Å². The molecule has 0 spiro atoms. The maximum absolute atomic E-state index is 12.9. The van der Waals surface area contributed by atoms with Gasteiger partial charge in [-0.1, -0.05) is 0 Å². The third-order valence-electron chi connectivity index (χ3n) is 5.41. The van der Waals surface area contributed by atoms with Gasteiger partial charge in [0.15, 0.2) is 15.5 Å². The van der Waals surface area contributed by atoms with E-state index in [1.54, 1.807) is 28.9 Å². The van der Waals surface area contributed by atoms with E-state index in [9.17, 15) is 18.0 Å². The summed E-state index contributed by atoms with van der Waals surface area (Å²) in [4.78, 5) is 24.0. The number of nitrogens with two attached hydrogens (primary N) is 1. The van der Waals surface area contributed by atoms with Crippen molar-refractivity contribution in [3.05, 3.63) is 46.8 Å². The normalized spacial score (nSPS) is 20.5. The number of carbonyl (C=O) groups is 2. The Hall–Kier alpha value is -2.68. The monoisotopic (exact) mass is 402 g/mol. The van der Waals surface area contributed by atoms with Gasteiger partial charge in [0.1, 0.15) is 0 Å². The van der Waals surface area contributed by atoms with Crippen LogP contribution in [-0.2, 0) is 22.7 Å². The largest absolute Gasteiger partial charge is 0.366 e. The highest BCUT2D eigenvalue weighted by atomic mass is 32.2. The summed E-state index contributed by atoms with van der Waals surface area (Å²) >= 11 is 0. The molecule has 1 aliphatic carbocycles. The van der Waals surface area contributed by atoms with E-state index in [1.807, 2.05) is 0 Å². The van der Waals surface area contributed by atoms with Crippen molar-refractivity contribution in [3.8, 4) is 0 Å². The fourth-order valence-corrected chi connectivity index (χ4v) is 5.68. The van der Waals surface area contributed by atoms with Crippen LogP contribution < -0.4 is 11.1 Å². The number of nitrogens with zero attached hydrogens (tertiary/aromatic N) is 2. The minimum atomic E-state index is -3.04. The third-order valence-corrected chi connectivity index (χ3v) is 7.16. The molecule has 2 heterocycles. The van der Waals surface area contributed by atoms with Crippen LogP contribution in [0.2, 0.25) is 0 Å². The summed E-state index contributed by atoms with van der Waals surface area (Å²) in [5.74, 6) is -0.613. The van der Waals surface area contributed by atoms with Gasteiger partial charge in [0.25, 0.3) is 5.91 Å². The SMILES string of the molecule is NC(=O)c1ccc(NC(=O)c2nn([C@H]3CCS(=O)(=O)C3)c3c2CCCC3)cc1. The number of carbonyl (C=O) groups excluding carboxylic acids is 2. The number of sulfone groups is 1. The molecule has 148 valence electrons. The lowest BCUT2D eigenvalue weighted by Gasteiger charge is -2.17. The smallest absolute Gasteiger partial charge is 0.276 e. The molecule has 8 nitrogen and oxygen atoms in total. The Bertz CT molecular complexity index is 1040. The number of fused-ring (bicyclic) bond motifs is 1. The van der Waals surface area contributed by atoms with E-state index in [4.69, 9.17) is 5.73 Å². The first-order valence-electron chi connectivity index (χ1n) is 9.36. The van der Waals surface area contributed by atoms with Crippen molar-refractivity contribution in [2.24, 2.45) is 5.73 Å². The summed E-state index contributed by atoms with van der Waals surface area (Å²) in [6.07, 6.45) is 4.09. The first-order valence-corrected chi connectivity index (χ1v) is 11.2. The quantitative estimate of drug-likeness (QED) is 0.801. The Morgan fingerprint density at radius 3 is 2.50 bits per heavy atom. The van der Waals surface area contributed by atoms with Gasteiger partial charge in [-0.05, 0) is 56.4 Å². The van der Waals surface area contributed by atoms with Crippen molar-refractivity contribution >= 4 is 27.3 Å². The first kappa shape index (κ1) is 18.7. The second kappa shape index (κ2) is 7.05. The summed E-state index contributed by atoms with van der Waals surface area (Å²) < 4.78 is 25.6. The molecule has 2 aliphatic rings. The van der Waals surface area contributed by atoms with Crippen LogP contribution in [0.25, 0.3) is 0 Å². The van der Waals surface area contributed by atoms with Crippen molar-refractivity contribution in [1.29, 1.82) is 0 Å². The molecule has 1 saturated heterocycles. The Kier molecular flexibility index (Phi) is 4.70. The molecule has 0 unspecified atom stereocenters. The van der Waals surface area contributed by atoms with E-state index in [0.717, 1.165) is 36.9 Å². The molecule has 28 heavy (non-hydrogen) atoms. The highest BCUT2D eigenvalue weighted by molar-refractivity contribution is 7.91. The lowest BCUT2D eigenvalue weighted by Crippen LogP contribution is -2.17. The topological polar surface area (TPSA) is 124 Å². The van der Waals surface area contributed by atoms with Gasteiger partial charge in [0.05, 0.1) is 17.5 Å². The lowest BCUT2D eigenvalue weighted by atomic mass is 9.95. The van der Waals surface area contributed by atoms with Gasteiger partial charge in [-0.15, -0.1) is 0 Å². The summed E-state index contributed by atoms with van der Waals surface area (Å²) in [7, 11) is -3.04. The highest BCUT2D eigenvalue weighted by Gasteiger charge is 2.34. The van der Waals surface area contributed by atoms with Crippen molar-refractivity contribution in [2.75, 3.05) is 16.8 Å². The Balaban J connectivity index is 1.62. The van der Waals surface area contributed by atoms with Gasteiger partial charge in [0.2, 0.25) is 5.91 Å². The maximum Gasteiger partial charge on any atom is 0.276 e. The standard InChI is InChI=1S/C19H22N4O4S/c20-18(24)12-5-7-13(8-6-12)21-19(25)17-15-3-1-2-4-16(15)23(22-17)14-9-10-28(26,27)11-14/h5-8,14H,1-4,9-11H2,(H2,20,24)(H,21,25)/t14-/m0/s1. The molecule has 0 radical (unpaired) electrons. The second-order valence-electron chi connectivity index (χ2n) is 7.38. The summed E-state index contributed by atoms with van der Waals surface area (Å²) in [6.45, 7) is 0. The highest BCUT2D eigenvalue weighted by Crippen LogP contribution is 2.31. The van der Waals surface area contributed by atoms with E-state index >= 15 is 0 Å². The number of amides is 2. The van der Waals surface area contributed by atoms with Gasteiger partial charge < -0.3 is 11.1 Å². The number of rotatable bonds is 4. The molecule has 0 bridgehead atoms. The molecular weight excluding hydrogens is 380 g/mol. The van der Waals surface area contributed by atoms with Crippen LogP contribution in [-0.4, -0.2) is 41.5 Å². The van der Waals surface area contributed by atoms with Crippen LogP contribution in [0.1, 0.15) is 57.4 Å². The summed E-state index contributed by atoms with van der Waals surface area (Å²) in [5, 5.41) is 7.36. The zero-order valence-corrected chi connectivity index (χ0v) is 16.2. The number of nitrogens with one attached hydrogen (secondary N) is 1. The first-order chi connectivity index (χ1) is 13.3. The predicted molar refractivity (Wildman–Crippen MR) is 104 cm³/mol. The van der Waals surface area contributed by atoms with Gasteiger partial charge in [-0.2, -0.15) is 5.10 Å². The average Bonchev–Trinajstić information content (AvgIpc) is 3.22. The van der Waals surface area contributed by atoms with E-state index in [2.05, 4.69) is 10.4 Å². The van der Waals surface area contributed by atoms with Gasteiger partial charge >= 0.3 is 0 Å². The molecule has 0 saturated carbocycles. The van der Waals surface area contributed by atoms with Gasteiger partial charge in [-0.25, -0.2) is 8.42 Å². The minimum Gasteiger partial charge on any atom is -0.366 e. The zero-order valence-electron chi connectivity index (χ0n) is 15.3. The van der Waals surface area contributed by atoms with Crippen molar-refractivity contribution in [2.45, 2.75) is 38.1 Å². The second-order valence-corrected chi connectivity index (χ2v) is 9.61. The van der Waals surface area contributed by atoms with E-state index in [0.29, 0.717) is 23.4 Å². The van der Waals surface area contributed by atoms with Crippen LogP contribution in [0, 0.1) is 0 Å². The maximum atomic E-state index is 12.9. The average molecular weight is 402 g/mol. The van der Waals surface area contributed by atoms with Gasteiger partial charge in [0, 0.05) is 22.5 Å². The van der Waals surface area contributed by atoms with Crippen LogP contribution >= 0.6 is 0 Å².